The zero-order chi connectivity index (χ0) is 17.1. The fraction of sp³-hybridized carbons (Fsp3) is 0.611. The van der Waals surface area contributed by atoms with E-state index < -0.39 is 0 Å². The summed E-state index contributed by atoms with van der Waals surface area (Å²) in [7, 11) is 1.39. The fourth-order valence-corrected chi connectivity index (χ4v) is 2.43. The van der Waals surface area contributed by atoms with Gasteiger partial charge in [0.2, 0.25) is 0 Å². The molecule has 4 nitrogen and oxygen atoms in total. The molecule has 1 aromatic rings. The molecular formula is C18H27NO3. The van der Waals surface area contributed by atoms with Crippen molar-refractivity contribution in [3.05, 3.63) is 33.7 Å². The molecule has 0 saturated carbocycles. The van der Waals surface area contributed by atoms with Gasteiger partial charge in [-0.1, -0.05) is 53.7 Å². The molecule has 0 saturated heterocycles. The third kappa shape index (κ3) is 4.39. The minimum Gasteiger partial charge on any atom is -0.469 e. The molecule has 0 aromatic heterocycles. The van der Waals surface area contributed by atoms with Crippen molar-refractivity contribution < 1.29 is 9.53 Å². The number of aryl methyl sites for hydroxylation is 1. The summed E-state index contributed by atoms with van der Waals surface area (Å²) in [6.07, 6.45) is 0.926. The molecule has 0 aliphatic rings. The summed E-state index contributed by atoms with van der Waals surface area (Å²) in [5.41, 5.74) is 3.04. The average molecular weight is 305 g/mol. The summed E-state index contributed by atoms with van der Waals surface area (Å²) in [5.74, 6) is -0.229. The fourth-order valence-electron chi connectivity index (χ4n) is 2.43. The number of ether oxygens (including phenoxy) is 1. The molecule has 0 N–H and O–H groups in total. The normalized spacial score (nSPS) is 12.1. The number of hydrogen-bond acceptors (Lipinski definition) is 4. The summed E-state index contributed by atoms with van der Waals surface area (Å²) in [4.78, 5) is 22.8. The number of carbonyl (C=O) groups is 1. The van der Waals surface area contributed by atoms with Crippen LogP contribution in [0.5, 0.6) is 0 Å². The molecule has 22 heavy (non-hydrogen) atoms. The van der Waals surface area contributed by atoms with E-state index in [2.05, 4.69) is 46.7 Å². The van der Waals surface area contributed by atoms with E-state index in [1.807, 2.05) is 12.1 Å². The van der Waals surface area contributed by atoms with E-state index in [9.17, 15) is 9.70 Å². The Bertz CT molecular complexity index is 528. The van der Waals surface area contributed by atoms with Crippen LogP contribution in [0.1, 0.15) is 64.7 Å². The van der Waals surface area contributed by atoms with Crippen LogP contribution in [0.4, 0.5) is 5.69 Å². The second-order valence-electron chi connectivity index (χ2n) is 7.71. The first-order valence-electron chi connectivity index (χ1n) is 7.58. The predicted molar refractivity (Wildman–Crippen MR) is 89.6 cm³/mol. The Hall–Kier alpha value is -1.71. The number of nitrogens with zero attached hydrogens (tertiary/aromatic N) is 1. The maximum absolute atomic E-state index is 11.4. The van der Waals surface area contributed by atoms with Gasteiger partial charge in [-0.2, -0.15) is 0 Å². The van der Waals surface area contributed by atoms with Crippen LogP contribution in [0, 0.1) is 4.91 Å². The van der Waals surface area contributed by atoms with Crippen LogP contribution in [0.25, 0.3) is 0 Å². The average Bonchev–Trinajstić information content (AvgIpc) is 2.41. The first-order valence-corrected chi connectivity index (χ1v) is 7.58. The van der Waals surface area contributed by atoms with Crippen molar-refractivity contribution >= 4 is 11.7 Å². The van der Waals surface area contributed by atoms with Gasteiger partial charge >= 0.3 is 5.97 Å². The highest BCUT2D eigenvalue weighted by molar-refractivity contribution is 5.69. The number of hydrogen-bond donors (Lipinski definition) is 0. The Labute approximate surface area is 133 Å². The smallest absolute Gasteiger partial charge is 0.305 e. The molecule has 0 radical (unpaired) electrons. The van der Waals surface area contributed by atoms with Crippen molar-refractivity contribution in [1.82, 2.24) is 0 Å². The number of rotatable bonds is 4. The number of methoxy groups -OCH3 is 1. The van der Waals surface area contributed by atoms with Gasteiger partial charge in [-0.25, -0.2) is 0 Å². The Balaban J connectivity index is 3.43. The van der Waals surface area contributed by atoms with Gasteiger partial charge in [0.25, 0.3) is 0 Å². The highest BCUT2D eigenvalue weighted by Gasteiger charge is 2.27. The van der Waals surface area contributed by atoms with Gasteiger partial charge in [-0.3, -0.25) is 4.79 Å². The van der Waals surface area contributed by atoms with Crippen LogP contribution in [0.15, 0.2) is 17.3 Å². The van der Waals surface area contributed by atoms with Crippen LogP contribution < -0.4 is 0 Å². The Morgan fingerprint density at radius 2 is 1.50 bits per heavy atom. The lowest BCUT2D eigenvalue weighted by Gasteiger charge is -2.28. The minimum atomic E-state index is -0.229. The molecule has 0 bridgehead atoms. The van der Waals surface area contributed by atoms with Crippen molar-refractivity contribution in [3.63, 3.8) is 0 Å². The maximum atomic E-state index is 11.4. The van der Waals surface area contributed by atoms with Gasteiger partial charge in [-0.05, 0) is 39.1 Å². The topological polar surface area (TPSA) is 55.7 Å². The third-order valence-corrected chi connectivity index (χ3v) is 3.72. The molecule has 0 atom stereocenters. The lowest BCUT2D eigenvalue weighted by atomic mass is 9.77. The summed E-state index contributed by atoms with van der Waals surface area (Å²) < 4.78 is 4.70. The Kier molecular flexibility index (Phi) is 5.49. The first-order chi connectivity index (χ1) is 10.0. The summed E-state index contributed by atoms with van der Waals surface area (Å²) in [5, 5.41) is 3.31. The number of esters is 1. The quantitative estimate of drug-likeness (QED) is 0.594. The van der Waals surface area contributed by atoms with Gasteiger partial charge in [0, 0.05) is 6.42 Å². The van der Waals surface area contributed by atoms with Crippen molar-refractivity contribution in [1.29, 1.82) is 0 Å². The Morgan fingerprint density at radius 3 is 1.82 bits per heavy atom. The molecule has 0 amide bonds. The zero-order valence-corrected chi connectivity index (χ0v) is 14.7. The van der Waals surface area contributed by atoms with Gasteiger partial charge in [-0.15, -0.1) is 4.91 Å². The molecule has 0 heterocycles. The lowest BCUT2D eigenvalue weighted by molar-refractivity contribution is -0.140. The largest absolute Gasteiger partial charge is 0.469 e. The molecule has 0 unspecified atom stereocenters. The first kappa shape index (κ1) is 18.3. The standard InChI is InChI=1S/C18H27NO3/c1-17(2,3)13-10-12(8-9-15(20)22-7)11-14(16(13)19-21)18(4,5)6/h10-11H,8-9H2,1-7H3. The van der Waals surface area contributed by atoms with Crippen LogP contribution in [-0.4, -0.2) is 13.1 Å². The van der Waals surface area contributed by atoms with E-state index >= 15 is 0 Å². The molecule has 0 aliphatic heterocycles. The number of carbonyl (C=O) groups excluding carboxylic acids is 1. The van der Waals surface area contributed by atoms with Crippen molar-refractivity contribution in [2.45, 2.75) is 65.2 Å². The van der Waals surface area contributed by atoms with Gasteiger partial charge in [0.1, 0.15) is 5.69 Å². The van der Waals surface area contributed by atoms with Crippen molar-refractivity contribution in [2.24, 2.45) is 5.18 Å². The van der Waals surface area contributed by atoms with E-state index in [1.165, 1.54) is 7.11 Å². The van der Waals surface area contributed by atoms with E-state index in [0.717, 1.165) is 16.7 Å². The Morgan fingerprint density at radius 1 is 1.05 bits per heavy atom. The van der Waals surface area contributed by atoms with Crippen LogP contribution in [-0.2, 0) is 26.8 Å². The second kappa shape index (κ2) is 6.59. The van der Waals surface area contributed by atoms with Crippen LogP contribution in [0.2, 0.25) is 0 Å². The van der Waals surface area contributed by atoms with Crippen molar-refractivity contribution in [3.8, 4) is 0 Å². The summed E-state index contributed by atoms with van der Waals surface area (Å²) in [6, 6.07) is 3.99. The summed E-state index contributed by atoms with van der Waals surface area (Å²) in [6.45, 7) is 12.4. The van der Waals surface area contributed by atoms with E-state index in [4.69, 9.17) is 4.74 Å². The molecule has 1 aromatic carbocycles. The zero-order valence-electron chi connectivity index (χ0n) is 14.7. The monoisotopic (exact) mass is 305 g/mol. The molecule has 0 fully saturated rings. The minimum absolute atomic E-state index is 0.190. The highest BCUT2D eigenvalue weighted by atomic mass is 16.5. The molecule has 0 spiro atoms. The molecule has 0 aliphatic carbocycles. The van der Waals surface area contributed by atoms with E-state index in [0.29, 0.717) is 18.5 Å². The van der Waals surface area contributed by atoms with Crippen LogP contribution >= 0.6 is 0 Å². The highest BCUT2D eigenvalue weighted by Crippen LogP contribution is 2.40. The van der Waals surface area contributed by atoms with E-state index in [-0.39, 0.29) is 16.8 Å². The molecule has 4 heteroatoms. The van der Waals surface area contributed by atoms with E-state index in [1.54, 1.807) is 0 Å². The van der Waals surface area contributed by atoms with Crippen LogP contribution in [0.3, 0.4) is 0 Å². The SMILES string of the molecule is COC(=O)CCc1cc(C(C)(C)C)c(N=O)c(C(C)(C)C)c1. The van der Waals surface area contributed by atoms with Crippen molar-refractivity contribution in [2.75, 3.05) is 7.11 Å². The maximum Gasteiger partial charge on any atom is 0.305 e. The third-order valence-electron chi connectivity index (χ3n) is 3.72. The number of benzene rings is 1. The second-order valence-corrected chi connectivity index (χ2v) is 7.71. The van der Waals surface area contributed by atoms with Gasteiger partial charge < -0.3 is 4.74 Å². The molecule has 1 rings (SSSR count). The molecule has 122 valence electrons. The van der Waals surface area contributed by atoms with Gasteiger partial charge in [0.05, 0.1) is 7.11 Å². The predicted octanol–water partition coefficient (Wildman–Crippen LogP) is 4.79. The number of nitroso groups, excluding NO2 is 1. The molecular weight excluding hydrogens is 278 g/mol. The summed E-state index contributed by atoms with van der Waals surface area (Å²) >= 11 is 0. The lowest BCUT2D eigenvalue weighted by Crippen LogP contribution is -2.18. The van der Waals surface area contributed by atoms with Gasteiger partial charge in [0.15, 0.2) is 0 Å².